The zero-order valence-corrected chi connectivity index (χ0v) is 15.9. The molecule has 4 nitrogen and oxygen atoms in total. The van der Waals surface area contributed by atoms with Crippen LogP contribution in [0.5, 0.6) is 0 Å². The molecule has 0 fully saturated rings. The minimum Gasteiger partial charge on any atom is -0.356 e. The molecule has 0 heterocycles. The van der Waals surface area contributed by atoms with Crippen LogP contribution in [0.2, 0.25) is 0 Å². The van der Waals surface area contributed by atoms with Crippen LogP contribution in [0.25, 0.3) is 0 Å². The first kappa shape index (κ1) is 21.2. The van der Waals surface area contributed by atoms with Gasteiger partial charge >= 0.3 is 0 Å². The standard InChI is InChI=1S/C20H26N2O2.ClH/c1-4-24-20(17-11-7-5-8-12-17,18-13-9-6-10-14-18)19(23)22(3)16-15-21-2;/h5-14,21H,4,15-16H2,1-3H3;1H. The highest BCUT2D eigenvalue weighted by molar-refractivity contribution is 5.90. The predicted octanol–water partition coefficient (Wildman–Crippen LogP) is 3.07. The third-order valence-corrected chi connectivity index (χ3v) is 4.07. The van der Waals surface area contributed by atoms with Crippen molar-refractivity contribution in [3.63, 3.8) is 0 Å². The second-order valence-electron chi connectivity index (χ2n) is 5.68. The Kier molecular flexibility index (Phi) is 8.62. The van der Waals surface area contributed by atoms with E-state index >= 15 is 0 Å². The zero-order valence-electron chi connectivity index (χ0n) is 15.1. The van der Waals surface area contributed by atoms with E-state index in [-0.39, 0.29) is 18.3 Å². The third-order valence-electron chi connectivity index (χ3n) is 4.07. The summed E-state index contributed by atoms with van der Waals surface area (Å²) in [6, 6.07) is 19.4. The van der Waals surface area contributed by atoms with Gasteiger partial charge in [-0.05, 0) is 25.1 Å². The Bertz CT molecular complexity index is 595. The first-order valence-electron chi connectivity index (χ1n) is 8.32. The number of carbonyl (C=O) groups is 1. The number of carbonyl (C=O) groups excluding carboxylic acids is 1. The Hall–Kier alpha value is -1.88. The first-order valence-corrected chi connectivity index (χ1v) is 8.32. The van der Waals surface area contributed by atoms with E-state index in [0.717, 1.165) is 17.7 Å². The van der Waals surface area contributed by atoms with Gasteiger partial charge in [-0.2, -0.15) is 0 Å². The molecule has 0 saturated carbocycles. The van der Waals surface area contributed by atoms with E-state index in [1.807, 2.05) is 81.7 Å². The van der Waals surface area contributed by atoms with E-state index in [0.29, 0.717) is 13.2 Å². The normalized spacial score (nSPS) is 10.8. The van der Waals surface area contributed by atoms with E-state index in [1.165, 1.54) is 0 Å². The molecule has 136 valence electrons. The minimum absolute atomic E-state index is 0. The summed E-state index contributed by atoms with van der Waals surface area (Å²) in [6.45, 7) is 3.70. The number of halogens is 1. The van der Waals surface area contributed by atoms with Gasteiger partial charge < -0.3 is 15.0 Å². The fourth-order valence-corrected chi connectivity index (χ4v) is 2.85. The SMILES string of the molecule is CCOC(C(=O)N(C)CCNC)(c1ccccc1)c1ccccc1.Cl. The van der Waals surface area contributed by atoms with Gasteiger partial charge in [0.15, 0.2) is 5.60 Å². The number of benzene rings is 2. The van der Waals surface area contributed by atoms with Crippen LogP contribution in [0, 0.1) is 0 Å². The van der Waals surface area contributed by atoms with Crippen LogP contribution in [0.15, 0.2) is 60.7 Å². The molecule has 2 rings (SSSR count). The van der Waals surface area contributed by atoms with Gasteiger partial charge in [-0.3, -0.25) is 4.79 Å². The summed E-state index contributed by atoms with van der Waals surface area (Å²) in [5.74, 6) is -0.0583. The van der Waals surface area contributed by atoms with E-state index < -0.39 is 5.60 Å². The first-order chi connectivity index (χ1) is 11.7. The number of likely N-dealkylation sites (N-methyl/N-ethyl adjacent to an activating group) is 2. The molecule has 0 atom stereocenters. The number of hydrogen-bond donors (Lipinski definition) is 1. The maximum Gasteiger partial charge on any atom is 0.263 e. The van der Waals surface area contributed by atoms with Gasteiger partial charge in [0.2, 0.25) is 0 Å². The highest BCUT2D eigenvalue weighted by atomic mass is 35.5. The Morgan fingerprint density at radius 1 is 1.04 bits per heavy atom. The maximum atomic E-state index is 13.4. The van der Waals surface area contributed by atoms with Crippen LogP contribution in [-0.2, 0) is 15.1 Å². The van der Waals surface area contributed by atoms with Crippen LogP contribution in [-0.4, -0.2) is 44.6 Å². The van der Waals surface area contributed by atoms with Crippen molar-refractivity contribution >= 4 is 18.3 Å². The molecule has 0 aromatic heterocycles. The molecule has 2 aromatic rings. The summed E-state index contributed by atoms with van der Waals surface area (Å²) in [7, 11) is 3.70. The molecule has 0 unspecified atom stereocenters. The van der Waals surface area contributed by atoms with Gasteiger partial charge in [0.1, 0.15) is 0 Å². The van der Waals surface area contributed by atoms with E-state index in [1.54, 1.807) is 4.90 Å². The molecule has 5 heteroatoms. The number of hydrogen-bond acceptors (Lipinski definition) is 3. The average Bonchev–Trinajstić information content (AvgIpc) is 2.65. The highest BCUT2D eigenvalue weighted by Crippen LogP contribution is 2.35. The topological polar surface area (TPSA) is 41.6 Å². The van der Waals surface area contributed by atoms with Crippen molar-refractivity contribution in [2.24, 2.45) is 0 Å². The predicted molar refractivity (Wildman–Crippen MR) is 104 cm³/mol. The van der Waals surface area contributed by atoms with Crippen molar-refractivity contribution in [3.8, 4) is 0 Å². The fraction of sp³-hybridized carbons (Fsp3) is 0.350. The van der Waals surface area contributed by atoms with Gasteiger partial charge in [-0.25, -0.2) is 0 Å². The number of nitrogens with one attached hydrogen (secondary N) is 1. The Morgan fingerprint density at radius 2 is 1.52 bits per heavy atom. The molecule has 0 radical (unpaired) electrons. The molecule has 0 aliphatic rings. The van der Waals surface area contributed by atoms with E-state index in [9.17, 15) is 4.79 Å². The fourth-order valence-electron chi connectivity index (χ4n) is 2.85. The zero-order chi connectivity index (χ0) is 17.4. The lowest BCUT2D eigenvalue weighted by molar-refractivity contribution is -0.152. The van der Waals surface area contributed by atoms with Crippen LogP contribution >= 0.6 is 12.4 Å². The molecule has 0 aliphatic heterocycles. The minimum atomic E-state index is -1.13. The molecule has 0 bridgehead atoms. The number of nitrogens with zero attached hydrogens (tertiary/aromatic N) is 1. The van der Waals surface area contributed by atoms with Crippen LogP contribution in [0.4, 0.5) is 0 Å². The lowest BCUT2D eigenvalue weighted by Gasteiger charge is -2.36. The second kappa shape index (κ2) is 10.2. The molecular weight excluding hydrogens is 336 g/mol. The van der Waals surface area contributed by atoms with Crippen LogP contribution < -0.4 is 5.32 Å². The Labute approximate surface area is 156 Å². The second-order valence-corrected chi connectivity index (χ2v) is 5.68. The summed E-state index contributed by atoms with van der Waals surface area (Å²) < 4.78 is 6.15. The summed E-state index contributed by atoms with van der Waals surface area (Å²) in [6.07, 6.45) is 0. The van der Waals surface area contributed by atoms with Crippen LogP contribution in [0.3, 0.4) is 0 Å². The quantitative estimate of drug-likeness (QED) is 0.784. The summed E-state index contributed by atoms with van der Waals surface area (Å²) in [5, 5.41) is 3.08. The van der Waals surface area contributed by atoms with Crippen molar-refractivity contribution in [2.75, 3.05) is 33.8 Å². The monoisotopic (exact) mass is 362 g/mol. The molecule has 2 aromatic carbocycles. The lowest BCUT2D eigenvalue weighted by Crippen LogP contribution is -2.49. The van der Waals surface area contributed by atoms with Gasteiger partial charge in [0, 0.05) is 26.7 Å². The van der Waals surface area contributed by atoms with E-state index in [2.05, 4.69) is 5.32 Å². The number of ether oxygens (including phenoxy) is 1. The van der Waals surface area contributed by atoms with Crippen molar-refractivity contribution < 1.29 is 9.53 Å². The van der Waals surface area contributed by atoms with Gasteiger partial charge in [0.25, 0.3) is 5.91 Å². The summed E-state index contributed by atoms with van der Waals surface area (Å²) >= 11 is 0. The molecule has 25 heavy (non-hydrogen) atoms. The number of amides is 1. The van der Waals surface area contributed by atoms with Gasteiger partial charge in [-0.1, -0.05) is 60.7 Å². The summed E-state index contributed by atoms with van der Waals surface area (Å²) in [5.41, 5.74) is 0.568. The summed E-state index contributed by atoms with van der Waals surface area (Å²) in [4.78, 5) is 15.2. The van der Waals surface area contributed by atoms with Crippen molar-refractivity contribution in [1.82, 2.24) is 10.2 Å². The van der Waals surface area contributed by atoms with Gasteiger partial charge in [-0.15, -0.1) is 12.4 Å². The molecule has 1 amide bonds. The molecule has 0 spiro atoms. The third kappa shape index (κ3) is 4.60. The van der Waals surface area contributed by atoms with Crippen molar-refractivity contribution in [3.05, 3.63) is 71.8 Å². The molecule has 0 aliphatic carbocycles. The van der Waals surface area contributed by atoms with E-state index in [4.69, 9.17) is 4.74 Å². The Morgan fingerprint density at radius 3 is 1.92 bits per heavy atom. The maximum absolute atomic E-state index is 13.4. The number of rotatable bonds is 8. The smallest absolute Gasteiger partial charge is 0.263 e. The van der Waals surface area contributed by atoms with Crippen LogP contribution in [0.1, 0.15) is 18.1 Å². The van der Waals surface area contributed by atoms with Gasteiger partial charge in [0.05, 0.1) is 0 Å². The molecule has 0 saturated heterocycles. The molecular formula is C20H27ClN2O2. The highest BCUT2D eigenvalue weighted by Gasteiger charge is 2.44. The largest absolute Gasteiger partial charge is 0.356 e. The molecule has 1 N–H and O–H groups in total. The Balaban J connectivity index is 0.00000312. The lowest BCUT2D eigenvalue weighted by atomic mass is 9.84. The van der Waals surface area contributed by atoms with Crippen molar-refractivity contribution in [1.29, 1.82) is 0 Å². The average molecular weight is 363 g/mol. The van der Waals surface area contributed by atoms with Crippen molar-refractivity contribution in [2.45, 2.75) is 12.5 Å².